The Bertz CT molecular complexity index is 1470. The maximum absolute atomic E-state index is 13.3. The second-order valence-electron chi connectivity index (χ2n) is 7.43. The molecule has 0 saturated carbocycles. The Balaban J connectivity index is 2.21. The molecule has 0 radical (unpaired) electrons. The molecule has 8 nitrogen and oxygen atoms in total. The number of benzene rings is 1. The van der Waals surface area contributed by atoms with Gasteiger partial charge in [0.1, 0.15) is 5.75 Å². The molecular weight excluding hydrogens is 406 g/mol. The van der Waals surface area contributed by atoms with Crippen LogP contribution in [-0.4, -0.2) is 30.2 Å². The lowest BCUT2D eigenvalue weighted by atomic mass is 10.2. The molecule has 0 spiro atoms. The minimum Gasteiger partial charge on any atom is -0.495 e. The summed E-state index contributed by atoms with van der Waals surface area (Å²) >= 11 is 6.25. The largest absolute Gasteiger partial charge is 0.495 e. The van der Waals surface area contributed by atoms with Crippen LogP contribution < -0.4 is 16.0 Å². The van der Waals surface area contributed by atoms with E-state index >= 15 is 0 Å². The van der Waals surface area contributed by atoms with Gasteiger partial charge in [-0.15, -0.1) is 0 Å². The van der Waals surface area contributed by atoms with E-state index in [-0.39, 0.29) is 6.54 Å². The molecule has 0 aliphatic heterocycles. The minimum atomic E-state index is -0.433. The average Bonchev–Trinajstić information content (AvgIpc) is 3.19. The minimum absolute atomic E-state index is 0.148. The number of aryl methyl sites for hydroxylation is 2. The van der Waals surface area contributed by atoms with Gasteiger partial charge in [-0.2, -0.15) is 4.98 Å². The van der Waals surface area contributed by atoms with Gasteiger partial charge >= 0.3 is 5.69 Å². The number of hydrogen-bond acceptors (Lipinski definition) is 4. The van der Waals surface area contributed by atoms with E-state index < -0.39 is 11.2 Å². The number of halogens is 1. The third-order valence-corrected chi connectivity index (χ3v) is 5.56. The molecule has 0 aliphatic carbocycles. The van der Waals surface area contributed by atoms with Crippen molar-refractivity contribution in [2.45, 2.75) is 27.3 Å². The number of allylic oxidation sites excluding steroid dienone is 1. The van der Waals surface area contributed by atoms with Crippen molar-refractivity contribution in [1.29, 1.82) is 0 Å². The summed E-state index contributed by atoms with van der Waals surface area (Å²) in [7, 11) is 3.19. The fourth-order valence-electron chi connectivity index (χ4n) is 3.79. The zero-order chi connectivity index (χ0) is 21.9. The van der Waals surface area contributed by atoms with E-state index in [0.29, 0.717) is 39.0 Å². The van der Waals surface area contributed by atoms with Crippen molar-refractivity contribution in [2.75, 3.05) is 7.11 Å². The van der Waals surface area contributed by atoms with Crippen LogP contribution in [-0.2, 0) is 13.6 Å². The van der Waals surface area contributed by atoms with Crippen molar-refractivity contribution < 1.29 is 4.74 Å². The fraction of sp³-hybridized carbons (Fsp3) is 0.286. The van der Waals surface area contributed by atoms with E-state index in [1.54, 1.807) is 43.7 Å². The lowest BCUT2D eigenvalue weighted by Gasteiger charge is -2.12. The first-order valence-electron chi connectivity index (χ1n) is 9.35. The number of hydrogen-bond donors (Lipinski definition) is 0. The van der Waals surface area contributed by atoms with Gasteiger partial charge < -0.3 is 4.74 Å². The normalized spacial score (nSPS) is 11.5. The third kappa shape index (κ3) is 2.71. The Labute approximate surface area is 177 Å². The molecule has 3 heterocycles. The molecular formula is C21H22ClN5O3. The van der Waals surface area contributed by atoms with Crippen LogP contribution in [0.15, 0.2) is 39.9 Å². The monoisotopic (exact) mass is 427 g/mol. The van der Waals surface area contributed by atoms with Crippen LogP contribution in [0.25, 0.3) is 22.6 Å². The summed E-state index contributed by atoms with van der Waals surface area (Å²) in [6, 6.07) is 5.31. The highest BCUT2D eigenvalue weighted by Gasteiger charge is 2.24. The highest BCUT2D eigenvalue weighted by atomic mass is 35.5. The lowest BCUT2D eigenvalue weighted by Crippen LogP contribution is -2.39. The van der Waals surface area contributed by atoms with Crippen LogP contribution in [0.3, 0.4) is 0 Å². The maximum Gasteiger partial charge on any atom is 0.332 e. The lowest BCUT2D eigenvalue weighted by molar-refractivity contribution is 0.413. The maximum atomic E-state index is 13.3. The van der Waals surface area contributed by atoms with Crippen molar-refractivity contribution in [3.8, 4) is 11.4 Å². The van der Waals surface area contributed by atoms with Crippen molar-refractivity contribution in [3.05, 3.63) is 67.6 Å². The number of methoxy groups -OCH3 is 1. The Morgan fingerprint density at radius 3 is 2.57 bits per heavy atom. The molecule has 3 aromatic heterocycles. The number of fused-ring (bicyclic) bond motifs is 3. The summed E-state index contributed by atoms with van der Waals surface area (Å²) in [4.78, 5) is 30.7. The first-order chi connectivity index (χ1) is 14.2. The zero-order valence-corrected chi connectivity index (χ0v) is 18.2. The predicted octanol–water partition coefficient (Wildman–Crippen LogP) is 2.99. The standard InChI is InChI=1S/C21H22ClN5O3/c1-11(2)10-25-19(28)17-18(24(5)21(25)29)23-20-26(12(3)13(4)27(17)20)15-9-14(22)7-8-16(15)30-6/h7-9H,1,10H2,2-6H3. The molecule has 0 aliphatic rings. The number of imidazole rings is 2. The van der Waals surface area contributed by atoms with Crippen LogP contribution in [0.5, 0.6) is 5.75 Å². The molecule has 9 heteroatoms. The summed E-state index contributed by atoms with van der Waals surface area (Å²) in [5.41, 5.74) is 2.93. The molecule has 0 saturated heterocycles. The molecule has 0 fully saturated rings. The molecule has 0 unspecified atom stereocenters. The summed E-state index contributed by atoms with van der Waals surface area (Å²) < 4.78 is 11.8. The van der Waals surface area contributed by atoms with Crippen molar-refractivity contribution in [3.63, 3.8) is 0 Å². The van der Waals surface area contributed by atoms with Gasteiger partial charge in [0.05, 0.1) is 19.3 Å². The Kier molecular flexibility index (Phi) is 4.62. The summed E-state index contributed by atoms with van der Waals surface area (Å²) in [5, 5.41) is 0.544. The SMILES string of the molecule is C=C(C)Cn1c(=O)c2c(nc3n(-c4cc(Cl)ccc4OC)c(C)c(C)n23)n(C)c1=O. The molecule has 30 heavy (non-hydrogen) atoms. The molecule has 1 aromatic carbocycles. The van der Waals surface area contributed by atoms with Gasteiger partial charge in [0.15, 0.2) is 11.2 Å². The second kappa shape index (κ2) is 6.91. The third-order valence-electron chi connectivity index (χ3n) is 5.33. The molecule has 0 N–H and O–H groups in total. The van der Waals surface area contributed by atoms with Crippen molar-refractivity contribution in [1.82, 2.24) is 23.1 Å². The van der Waals surface area contributed by atoms with Crippen molar-refractivity contribution >= 4 is 28.5 Å². The van der Waals surface area contributed by atoms with Gasteiger partial charge in [-0.3, -0.25) is 22.9 Å². The molecule has 156 valence electrons. The fourth-order valence-corrected chi connectivity index (χ4v) is 3.95. The van der Waals surface area contributed by atoms with Gasteiger partial charge in [0.2, 0.25) is 5.78 Å². The first kappa shape index (κ1) is 20.0. The number of aromatic nitrogens is 5. The molecule has 0 atom stereocenters. The number of rotatable bonds is 4. The second-order valence-corrected chi connectivity index (χ2v) is 7.87. The van der Waals surface area contributed by atoms with Crippen LogP contribution in [0, 0.1) is 13.8 Å². The van der Waals surface area contributed by atoms with Gasteiger partial charge in [-0.05, 0) is 39.0 Å². The summed E-state index contributed by atoms with van der Waals surface area (Å²) in [6.45, 7) is 9.60. The van der Waals surface area contributed by atoms with Gasteiger partial charge in [0, 0.05) is 23.5 Å². The Hall–Kier alpha value is -3.26. The topological polar surface area (TPSA) is 75.5 Å². The van der Waals surface area contributed by atoms with Gasteiger partial charge in [-0.25, -0.2) is 4.79 Å². The van der Waals surface area contributed by atoms with Crippen LogP contribution in [0.2, 0.25) is 5.02 Å². The molecule has 4 rings (SSSR count). The molecule has 0 amide bonds. The summed E-state index contributed by atoms with van der Waals surface area (Å²) in [5.74, 6) is 1.11. The molecule has 0 bridgehead atoms. The van der Waals surface area contributed by atoms with Crippen molar-refractivity contribution in [2.24, 2.45) is 7.05 Å². The Morgan fingerprint density at radius 2 is 1.93 bits per heavy atom. The average molecular weight is 428 g/mol. The number of ether oxygens (including phenoxy) is 1. The zero-order valence-electron chi connectivity index (χ0n) is 17.5. The van der Waals surface area contributed by atoms with E-state index in [1.165, 1.54) is 9.13 Å². The van der Waals surface area contributed by atoms with Gasteiger partial charge in [-0.1, -0.05) is 23.8 Å². The van der Waals surface area contributed by atoms with Crippen LogP contribution in [0.1, 0.15) is 18.3 Å². The number of nitrogens with zero attached hydrogens (tertiary/aromatic N) is 5. The highest BCUT2D eigenvalue weighted by molar-refractivity contribution is 6.30. The van der Waals surface area contributed by atoms with E-state index in [0.717, 1.165) is 11.4 Å². The smallest absolute Gasteiger partial charge is 0.332 e. The van der Waals surface area contributed by atoms with E-state index in [1.807, 2.05) is 18.4 Å². The van der Waals surface area contributed by atoms with E-state index in [4.69, 9.17) is 16.3 Å². The summed E-state index contributed by atoms with van der Waals surface area (Å²) in [6.07, 6.45) is 0. The van der Waals surface area contributed by atoms with E-state index in [2.05, 4.69) is 11.6 Å². The Morgan fingerprint density at radius 1 is 1.23 bits per heavy atom. The molecule has 4 aromatic rings. The van der Waals surface area contributed by atoms with E-state index in [9.17, 15) is 9.59 Å². The quantitative estimate of drug-likeness (QED) is 0.469. The van der Waals surface area contributed by atoms with Crippen LogP contribution >= 0.6 is 11.6 Å². The predicted molar refractivity (Wildman–Crippen MR) is 117 cm³/mol. The first-order valence-corrected chi connectivity index (χ1v) is 9.73. The van der Waals surface area contributed by atoms with Crippen LogP contribution in [0.4, 0.5) is 0 Å². The van der Waals surface area contributed by atoms with Gasteiger partial charge in [0.25, 0.3) is 5.56 Å². The highest BCUT2D eigenvalue weighted by Crippen LogP contribution is 2.31.